The van der Waals surface area contributed by atoms with Gasteiger partial charge in [0.05, 0.1) is 18.4 Å². The van der Waals surface area contributed by atoms with Gasteiger partial charge in [-0.2, -0.15) is 0 Å². The van der Waals surface area contributed by atoms with Gasteiger partial charge in [-0.3, -0.25) is 19.3 Å². The number of nitrogens with zero attached hydrogens (tertiary/aromatic N) is 3. The van der Waals surface area contributed by atoms with Crippen molar-refractivity contribution in [3.05, 3.63) is 94.7 Å². The maximum absolute atomic E-state index is 13.7. The largest absolute Gasteiger partial charge is 0.497 e. The van der Waals surface area contributed by atoms with Crippen LogP contribution in [0.1, 0.15) is 43.7 Å². The van der Waals surface area contributed by atoms with Gasteiger partial charge in [-0.05, 0) is 36.4 Å². The molecular weight excluding hydrogens is 468 g/mol. The van der Waals surface area contributed by atoms with Crippen molar-refractivity contribution in [1.82, 2.24) is 14.8 Å². The van der Waals surface area contributed by atoms with Gasteiger partial charge in [0.1, 0.15) is 18.5 Å². The first kappa shape index (κ1) is 21.7. The topological polar surface area (TPSA) is 85.9 Å². The summed E-state index contributed by atoms with van der Waals surface area (Å²) in [4.78, 5) is 49.2. The number of benzene rings is 3. The Kier molecular flexibility index (Phi) is 4.66. The lowest BCUT2D eigenvalue weighted by Gasteiger charge is -2.41. The van der Waals surface area contributed by atoms with E-state index in [0.717, 1.165) is 33.5 Å². The van der Waals surface area contributed by atoms with Crippen LogP contribution in [0.15, 0.2) is 66.7 Å². The second-order valence-corrected chi connectivity index (χ2v) is 9.65. The van der Waals surface area contributed by atoms with Crippen LogP contribution in [0, 0.1) is 0 Å². The number of H-pyrrole nitrogens is 1. The molecular formula is C29H24N4O4. The van der Waals surface area contributed by atoms with Gasteiger partial charge >= 0.3 is 0 Å². The number of anilines is 1. The van der Waals surface area contributed by atoms with Crippen LogP contribution in [0.4, 0.5) is 5.69 Å². The van der Waals surface area contributed by atoms with Gasteiger partial charge in [0.25, 0.3) is 11.8 Å². The first-order valence-electron chi connectivity index (χ1n) is 12.3. The van der Waals surface area contributed by atoms with E-state index in [9.17, 15) is 14.4 Å². The minimum absolute atomic E-state index is 0.114. The van der Waals surface area contributed by atoms with Crippen molar-refractivity contribution in [3.8, 4) is 5.75 Å². The van der Waals surface area contributed by atoms with Gasteiger partial charge in [-0.15, -0.1) is 0 Å². The molecule has 0 fully saturated rings. The van der Waals surface area contributed by atoms with Crippen LogP contribution in [-0.4, -0.2) is 52.7 Å². The third kappa shape index (κ3) is 3.11. The van der Waals surface area contributed by atoms with Crippen molar-refractivity contribution >= 4 is 34.3 Å². The number of para-hydroxylation sites is 1. The zero-order valence-electron chi connectivity index (χ0n) is 20.2. The number of rotatable bonds is 3. The monoisotopic (exact) mass is 492 g/mol. The molecule has 0 spiro atoms. The lowest BCUT2D eigenvalue weighted by atomic mass is 10.0. The minimum Gasteiger partial charge on any atom is -0.497 e. The highest BCUT2D eigenvalue weighted by atomic mass is 16.5. The van der Waals surface area contributed by atoms with Crippen LogP contribution in [0.5, 0.6) is 5.75 Å². The molecule has 8 nitrogen and oxygen atoms in total. The quantitative estimate of drug-likeness (QED) is 0.470. The van der Waals surface area contributed by atoms with Gasteiger partial charge in [0.15, 0.2) is 0 Å². The molecule has 0 bridgehead atoms. The van der Waals surface area contributed by atoms with E-state index >= 15 is 0 Å². The number of amides is 3. The first-order chi connectivity index (χ1) is 18.0. The van der Waals surface area contributed by atoms with Gasteiger partial charge in [-0.1, -0.05) is 30.3 Å². The van der Waals surface area contributed by atoms with E-state index in [4.69, 9.17) is 4.74 Å². The van der Waals surface area contributed by atoms with E-state index in [2.05, 4.69) is 4.98 Å². The highest BCUT2D eigenvalue weighted by Crippen LogP contribution is 2.45. The second kappa shape index (κ2) is 7.96. The minimum atomic E-state index is -0.646. The molecule has 3 aromatic carbocycles. The molecule has 0 saturated heterocycles. The summed E-state index contributed by atoms with van der Waals surface area (Å²) in [5.74, 6) is 0.213. The predicted octanol–water partition coefficient (Wildman–Crippen LogP) is 3.88. The maximum atomic E-state index is 13.7. The molecule has 0 radical (unpaired) electrons. The van der Waals surface area contributed by atoms with E-state index in [1.165, 1.54) is 0 Å². The Morgan fingerprint density at radius 3 is 2.62 bits per heavy atom. The van der Waals surface area contributed by atoms with Crippen molar-refractivity contribution < 1.29 is 19.1 Å². The number of aromatic nitrogens is 1. The molecule has 37 heavy (non-hydrogen) atoms. The summed E-state index contributed by atoms with van der Waals surface area (Å²) in [5.41, 5.74) is 5.52. The van der Waals surface area contributed by atoms with Crippen molar-refractivity contribution in [2.24, 2.45) is 0 Å². The Morgan fingerprint density at radius 1 is 1.00 bits per heavy atom. The molecule has 1 aromatic heterocycles. The zero-order chi connectivity index (χ0) is 25.3. The van der Waals surface area contributed by atoms with Gasteiger partial charge < -0.3 is 19.5 Å². The molecule has 3 amide bonds. The molecule has 3 aliphatic rings. The van der Waals surface area contributed by atoms with E-state index in [1.54, 1.807) is 46.1 Å². The summed E-state index contributed by atoms with van der Waals surface area (Å²) >= 11 is 0. The lowest BCUT2D eigenvalue weighted by molar-refractivity contribution is -0.133. The normalized spacial score (nSPS) is 18.0. The predicted molar refractivity (Wildman–Crippen MR) is 137 cm³/mol. The van der Waals surface area contributed by atoms with E-state index in [0.29, 0.717) is 36.3 Å². The summed E-state index contributed by atoms with van der Waals surface area (Å²) in [5, 5.41) is 1.04. The molecule has 1 unspecified atom stereocenters. The third-order valence-electron chi connectivity index (χ3n) is 7.72. The molecule has 1 atom stereocenters. The first-order valence-corrected chi connectivity index (χ1v) is 12.3. The van der Waals surface area contributed by atoms with Crippen molar-refractivity contribution in [3.63, 3.8) is 0 Å². The molecule has 7 rings (SSSR count). The number of nitrogens with one attached hydrogen (secondary N) is 1. The maximum Gasteiger partial charge on any atom is 0.260 e. The number of aromatic amines is 1. The summed E-state index contributed by atoms with van der Waals surface area (Å²) in [6, 6.07) is 20.3. The van der Waals surface area contributed by atoms with Crippen molar-refractivity contribution in [2.45, 2.75) is 19.1 Å². The van der Waals surface area contributed by atoms with E-state index in [1.807, 2.05) is 42.5 Å². The molecule has 1 N–H and O–H groups in total. The molecule has 0 saturated carbocycles. The molecule has 8 heteroatoms. The summed E-state index contributed by atoms with van der Waals surface area (Å²) in [7, 11) is 1.64. The number of fused-ring (bicyclic) bond motifs is 8. The summed E-state index contributed by atoms with van der Waals surface area (Å²) in [6.45, 7) is 0.888. The fourth-order valence-electron chi connectivity index (χ4n) is 5.91. The Bertz CT molecular complexity index is 1620. The van der Waals surface area contributed by atoms with Gasteiger partial charge in [0, 0.05) is 52.8 Å². The van der Waals surface area contributed by atoms with Crippen LogP contribution in [0.2, 0.25) is 0 Å². The third-order valence-corrected chi connectivity index (χ3v) is 7.72. The summed E-state index contributed by atoms with van der Waals surface area (Å²) < 4.78 is 5.40. The lowest BCUT2D eigenvalue weighted by Crippen LogP contribution is -2.52. The van der Waals surface area contributed by atoms with Crippen molar-refractivity contribution in [2.75, 3.05) is 25.1 Å². The molecule has 0 aliphatic carbocycles. The average Bonchev–Trinajstić information content (AvgIpc) is 3.45. The van der Waals surface area contributed by atoms with Crippen LogP contribution in [0.3, 0.4) is 0 Å². The molecule has 4 heterocycles. The highest BCUT2D eigenvalue weighted by Gasteiger charge is 2.48. The van der Waals surface area contributed by atoms with Gasteiger partial charge in [0.2, 0.25) is 5.91 Å². The van der Waals surface area contributed by atoms with Crippen molar-refractivity contribution in [1.29, 1.82) is 0 Å². The fourth-order valence-corrected chi connectivity index (χ4v) is 5.91. The Morgan fingerprint density at radius 2 is 1.78 bits per heavy atom. The Hall–Kier alpha value is -4.59. The fraction of sp³-hybridized carbons (Fsp3) is 0.207. The van der Waals surface area contributed by atoms with Gasteiger partial charge in [-0.25, -0.2) is 0 Å². The number of methoxy groups -OCH3 is 1. The SMILES string of the molecule is COc1ccc2[nH]c3c(c2c1)CN(C(=O)CN1C(=O)c2ccccc2N2C(=O)c4ccccc4C12)CC3. The van der Waals surface area contributed by atoms with Crippen LogP contribution in [-0.2, 0) is 17.8 Å². The number of carbonyl (C=O) groups excluding carboxylic acids is 3. The Balaban J connectivity index is 1.23. The van der Waals surface area contributed by atoms with E-state index < -0.39 is 6.17 Å². The standard InChI is InChI=1S/C29H24N4O4/c1-37-17-10-11-23-21(14-17)22-15-31(13-12-24(22)30-23)26(34)16-32-27-18-6-2-3-7-19(18)29(36)33(27)25-9-5-4-8-20(25)28(32)35/h2-11,14,27,30H,12-13,15-16H2,1H3. The molecule has 184 valence electrons. The van der Waals surface area contributed by atoms with E-state index in [-0.39, 0.29) is 24.3 Å². The van der Waals surface area contributed by atoms with Crippen LogP contribution >= 0.6 is 0 Å². The number of carbonyl (C=O) groups is 3. The number of hydrogen-bond donors (Lipinski definition) is 1. The Labute approximate surface area is 213 Å². The molecule has 3 aliphatic heterocycles. The number of hydrogen-bond acceptors (Lipinski definition) is 4. The molecule has 4 aromatic rings. The average molecular weight is 493 g/mol. The van der Waals surface area contributed by atoms with Crippen LogP contribution < -0.4 is 9.64 Å². The highest BCUT2D eigenvalue weighted by molar-refractivity contribution is 6.17. The second-order valence-electron chi connectivity index (χ2n) is 9.65. The summed E-state index contributed by atoms with van der Waals surface area (Å²) in [6.07, 6.45) is 0.0545. The number of ether oxygens (including phenoxy) is 1. The van der Waals surface area contributed by atoms with Crippen LogP contribution in [0.25, 0.3) is 10.9 Å². The smallest absolute Gasteiger partial charge is 0.260 e. The zero-order valence-corrected chi connectivity index (χ0v) is 20.2.